The first-order chi connectivity index (χ1) is 6.79. The normalized spacial score (nSPS) is 22.1. The maximum atomic E-state index is 11.6. The molecule has 0 bridgehead atoms. The summed E-state index contributed by atoms with van der Waals surface area (Å²) in [6.07, 6.45) is 4.45. The molecule has 1 aliphatic rings. The molecule has 1 rings (SSSR count). The lowest BCUT2D eigenvalue weighted by Crippen LogP contribution is -2.18. The Bertz CT molecular complexity index is 240. The van der Waals surface area contributed by atoms with E-state index in [9.17, 15) is 4.79 Å². The fourth-order valence-corrected chi connectivity index (χ4v) is 1.66. The van der Waals surface area contributed by atoms with Gasteiger partial charge in [0.25, 0.3) is 0 Å². The first kappa shape index (κ1) is 11.0. The van der Waals surface area contributed by atoms with Gasteiger partial charge in [0.05, 0.1) is 0 Å². The van der Waals surface area contributed by atoms with Crippen LogP contribution in [0.5, 0.6) is 0 Å². The third-order valence-corrected chi connectivity index (χ3v) is 2.38. The van der Waals surface area contributed by atoms with Gasteiger partial charge in [-0.1, -0.05) is 18.7 Å². The van der Waals surface area contributed by atoms with E-state index in [0.29, 0.717) is 5.92 Å². The average Bonchev–Trinajstić information content (AvgIpc) is 2.69. The van der Waals surface area contributed by atoms with Gasteiger partial charge in [-0.15, -0.1) is 0 Å². The summed E-state index contributed by atoms with van der Waals surface area (Å²) < 4.78 is 5.00. The smallest absolute Gasteiger partial charge is 0.334 e. The summed E-state index contributed by atoms with van der Waals surface area (Å²) in [6, 6.07) is 0. The Balaban J connectivity index is 2.52. The predicted octanol–water partition coefficient (Wildman–Crippen LogP) is 1.27. The molecule has 1 atom stereocenters. The van der Waals surface area contributed by atoms with Crippen LogP contribution < -0.4 is 5.32 Å². The SMILES string of the molecule is C=CCOC(=O)C(=CC)C1CCNC1. The van der Waals surface area contributed by atoms with Crippen molar-refractivity contribution < 1.29 is 9.53 Å². The topological polar surface area (TPSA) is 38.3 Å². The Morgan fingerprint density at radius 2 is 2.50 bits per heavy atom. The second kappa shape index (κ2) is 5.60. The molecule has 0 amide bonds. The second-order valence-corrected chi connectivity index (χ2v) is 3.32. The monoisotopic (exact) mass is 195 g/mol. The lowest BCUT2D eigenvalue weighted by atomic mass is 9.98. The molecule has 14 heavy (non-hydrogen) atoms. The number of hydrogen-bond donors (Lipinski definition) is 1. The highest BCUT2D eigenvalue weighted by atomic mass is 16.5. The predicted molar refractivity (Wildman–Crippen MR) is 55.9 cm³/mol. The molecule has 0 aromatic heterocycles. The van der Waals surface area contributed by atoms with E-state index in [1.54, 1.807) is 6.08 Å². The van der Waals surface area contributed by atoms with Crippen LogP contribution in [-0.4, -0.2) is 25.7 Å². The van der Waals surface area contributed by atoms with Crippen molar-refractivity contribution in [3.63, 3.8) is 0 Å². The Morgan fingerprint density at radius 1 is 1.71 bits per heavy atom. The number of carbonyl (C=O) groups excluding carboxylic acids is 1. The first-order valence-corrected chi connectivity index (χ1v) is 4.94. The van der Waals surface area contributed by atoms with Crippen LogP contribution in [0.1, 0.15) is 13.3 Å². The minimum atomic E-state index is -0.207. The van der Waals surface area contributed by atoms with E-state index in [1.165, 1.54) is 0 Å². The standard InChI is InChI=1S/C11H17NO2/c1-3-7-14-11(13)10(4-2)9-5-6-12-8-9/h3-4,9,12H,1,5-8H2,2H3. The summed E-state index contributed by atoms with van der Waals surface area (Å²) in [5.41, 5.74) is 0.789. The number of nitrogens with one attached hydrogen (secondary N) is 1. The van der Waals surface area contributed by atoms with E-state index in [-0.39, 0.29) is 12.6 Å². The van der Waals surface area contributed by atoms with E-state index in [1.807, 2.05) is 13.0 Å². The van der Waals surface area contributed by atoms with Gasteiger partial charge in [0, 0.05) is 18.0 Å². The van der Waals surface area contributed by atoms with Gasteiger partial charge in [0.1, 0.15) is 6.61 Å². The van der Waals surface area contributed by atoms with E-state index >= 15 is 0 Å². The fraction of sp³-hybridized carbons (Fsp3) is 0.545. The van der Waals surface area contributed by atoms with Crippen LogP contribution in [0, 0.1) is 5.92 Å². The van der Waals surface area contributed by atoms with Gasteiger partial charge >= 0.3 is 5.97 Å². The van der Waals surface area contributed by atoms with Crippen molar-refractivity contribution in [2.45, 2.75) is 13.3 Å². The third-order valence-electron chi connectivity index (χ3n) is 2.38. The molecule has 3 nitrogen and oxygen atoms in total. The number of hydrogen-bond acceptors (Lipinski definition) is 3. The van der Waals surface area contributed by atoms with E-state index in [4.69, 9.17) is 4.74 Å². The average molecular weight is 195 g/mol. The van der Waals surface area contributed by atoms with Crippen molar-refractivity contribution in [2.75, 3.05) is 19.7 Å². The summed E-state index contributed by atoms with van der Waals surface area (Å²) in [7, 11) is 0. The van der Waals surface area contributed by atoms with E-state index in [2.05, 4.69) is 11.9 Å². The molecule has 1 aliphatic heterocycles. The molecule has 1 N–H and O–H groups in total. The van der Waals surface area contributed by atoms with Crippen LogP contribution in [0.4, 0.5) is 0 Å². The number of esters is 1. The largest absolute Gasteiger partial charge is 0.458 e. The van der Waals surface area contributed by atoms with Gasteiger partial charge in [0.15, 0.2) is 0 Å². The van der Waals surface area contributed by atoms with Crippen molar-refractivity contribution in [1.29, 1.82) is 0 Å². The van der Waals surface area contributed by atoms with Crippen LogP contribution in [0.2, 0.25) is 0 Å². The highest BCUT2D eigenvalue weighted by Gasteiger charge is 2.24. The van der Waals surface area contributed by atoms with Gasteiger partial charge in [-0.25, -0.2) is 4.79 Å². The molecule has 0 aliphatic carbocycles. The molecule has 78 valence electrons. The molecular formula is C11H17NO2. The molecule has 0 saturated carbocycles. The Labute approximate surface area is 84.8 Å². The molecular weight excluding hydrogens is 178 g/mol. The zero-order valence-electron chi connectivity index (χ0n) is 8.58. The van der Waals surface area contributed by atoms with Crippen LogP contribution in [-0.2, 0) is 9.53 Å². The number of carbonyl (C=O) groups is 1. The van der Waals surface area contributed by atoms with Crippen LogP contribution in [0.3, 0.4) is 0 Å². The molecule has 0 spiro atoms. The van der Waals surface area contributed by atoms with Gasteiger partial charge in [0.2, 0.25) is 0 Å². The van der Waals surface area contributed by atoms with Gasteiger partial charge in [-0.05, 0) is 19.9 Å². The summed E-state index contributed by atoms with van der Waals surface area (Å²) in [5, 5.41) is 3.23. The molecule has 0 radical (unpaired) electrons. The van der Waals surface area contributed by atoms with Crippen molar-refractivity contribution in [3.05, 3.63) is 24.3 Å². The van der Waals surface area contributed by atoms with Crippen molar-refractivity contribution in [1.82, 2.24) is 5.32 Å². The van der Waals surface area contributed by atoms with Crippen molar-refractivity contribution >= 4 is 5.97 Å². The first-order valence-electron chi connectivity index (χ1n) is 4.94. The Morgan fingerprint density at radius 3 is 3.00 bits per heavy atom. The fourth-order valence-electron chi connectivity index (χ4n) is 1.66. The summed E-state index contributed by atoms with van der Waals surface area (Å²) >= 11 is 0. The maximum Gasteiger partial charge on any atom is 0.334 e. The summed E-state index contributed by atoms with van der Waals surface area (Å²) in [6.45, 7) is 7.53. The van der Waals surface area contributed by atoms with Crippen LogP contribution >= 0.6 is 0 Å². The van der Waals surface area contributed by atoms with Crippen molar-refractivity contribution in [3.8, 4) is 0 Å². The maximum absolute atomic E-state index is 11.6. The number of allylic oxidation sites excluding steroid dienone is 1. The molecule has 1 saturated heterocycles. The van der Waals surface area contributed by atoms with Gasteiger partial charge < -0.3 is 10.1 Å². The third kappa shape index (κ3) is 2.70. The van der Waals surface area contributed by atoms with E-state index in [0.717, 1.165) is 25.1 Å². The minimum Gasteiger partial charge on any atom is -0.458 e. The lowest BCUT2D eigenvalue weighted by Gasteiger charge is -2.11. The van der Waals surface area contributed by atoms with E-state index < -0.39 is 0 Å². The lowest BCUT2D eigenvalue weighted by molar-refractivity contribution is -0.138. The number of ether oxygens (including phenoxy) is 1. The molecule has 1 fully saturated rings. The van der Waals surface area contributed by atoms with Gasteiger partial charge in [-0.2, -0.15) is 0 Å². The summed E-state index contributed by atoms with van der Waals surface area (Å²) in [4.78, 5) is 11.6. The number of rotatable bonds is 4. The Kier molecular flexibility index (Phi) is 4.40. The quantitative estimate of drug-likeness (QED) is 0.417. The second-order valence-electron chi connectivity index (χ2n) is 3.32. The highest BCUT2D eigenvalue weighted by molar-refractivity contribution is 5.89. The van der Waals surface area contributed by atoms with Crippen LogP contribution in [0.25, 0.3) is 0 Å². The minimum absolute atomic E-state index is 0.207. The van der Waals surface area contributed by atoms with Crippen molar-refractivity contribution in [2.24, 2.45) is 5.92 Å². The zero-order chi connectivity index (χ0) is 10.4. The van der Waals surface area contributed by atoms with Crippen LogP contribution in [0.15, 0.2) is 24.3 Å². The molecule has 0 aromatic carbocycles. The molecule has 1 unspecified atom stereocenters. The zero-order valence-corrected chi connectivity index (χ0v) is 8.58. The van der Waals surface area contributed by atoms with Gasteiger partial charge in [-0.3, -0.25) is 0 Å². The Hall–Kier alpha value is -1.09. The highest BCUT2D eigenvalue weighted by Crippen LogP contribution is 2.19. The molecule has 1 heterocycles. The molecule has 0 aromatic rings. The summed E-state index contributed by atoms with van der Waals surface area (Å²) in [5.74, 6) is 0.110. The molecule has 3 heteroatoms.